The Morgan fingerprint density at radius 1 is 1.25 bits per heavy atom. The zero-order valence-corrected chi connectivity index (χ0v) is 11.8. The molecule has 1 aliphatic rings. The molecule has 1 atom stereocenters. The molecule has 2 aromatic rings. The van der Waals surface area contributed by atoms with Crippen molar-refractivity contribution in [3.63, 3.8) is 0 Å². The lowest BCUT2D eigenvalue weighted by Gasteiger charge is -2.09. The molecular formula is C15H14O4S. The number of esters is 1. The van der Waals surface area contributed by atoms with E-state index in [2.05, 4.69) is 0 Å². The first-order valence-corrected chi connectivity index (χ1v) is 7.92. The van der Waals surface area contributed by atoms with Crippen molar-refractivity contribution in [2.24, 2.45) is 0 Å². The molecule has 104 valence electrons. The SMILES string of the molecule is CC(=O)OCC1Cc2ccc3ccccc3c2S1(=O)=O. The molecule has 5 heteroatoms. The van der Waals surface area contributed by atoms with Crippen LogP contribution in [0.25, 0.3) is 10.8 Å². The van der Waals surface area contributed by atoms with E-state index in [1.165, 1.54) is 6.92 Å². The van der Waals surface area contributed by atoms with Gasteiger partial charge in [0.25, 0.3) is 0 Å². The largest absolute Gasteiger partial charge is 0.464 e. The Labute approximate surface area is 117 Å². The van der Waals surface area contributed by atoms with Crippen molar-refractivity contribution in [3.05, 3.63) is 42.0 Å². The zero-order chi connectivity index (χ0) is 14.3. The number of sulfone groups is 1. The summed E-state index contributed by atoms with van der Waals surface area (Å²) < 4.78 is 30.1. The van der Waals surface area contributed by atoms with E-state index in [1.54, 1.807) is 0 Å². The van der Waals surface area contributed by atoms with Crippen molar-refractivity contribution in [2.45, 2.75) is 23.5 Å². The molecule has 0 amide bonds. The van der Waals surface area contributed by atoms with E-state index in [4.69, 9.17) is 4.74 Å². The summed E-state index contributed by atoms with van der Waals surface area (Å²) in [7, 11) is -3.45. The predicted molar refractivity (Wildman–Crippen MR) is 75.3 cm³/mol. The second-order valence-electron chi connectivity index (χ2n) is 4.95. The highest BCUT2D eigenvalue weighted by Gasteiger charge is 2.38. The minimum Gasteiger partial charge on any atom is -0.464 e. The van der Waals surface area contributed by atoms with Crippen LogP contribution in [0.1, 0.15) is 12.5 Å². The molecule has 0 saturated carbocycles. The van der Waals surface area contributed by atoms with Crippen molar-refractivity contribution in [2.75, 3.05) is 6.61 Å². The van der Waals surface area contributed by atoms with Crippen LogP contribution in [0.4, 0.5) is 0 Å². The summed E-state index contributed by atoms with van der Waals surface area (Å²) in [5.41, 5.74) is 0.806. The van der Waals surface area contributed by atoms with Crippen LogP contribution < -0.4 is 0 Å². The molecule has 3 rings (SSSR count). The van der Waals surface area contributed by atoms with Gasteiger partial charge in [0.05, 0.1) is 4.90 Å². The van der Waals surface area contributed by atoms with Crippen molar-refractivity contribution < 1.29 is 17.9 Å². The molecule has 1 heterocycles. The van der Waals surface area contributed by atoms with Gasteiger partial charge in [0.15, 0.2) is 9.84 Å². The number of fused-ring (bicyclic) bond motifs is 3. The highest BCUT2D eigenvalue weighted by atomic mass is 32.2. The lowest BCUT2D eigenvalue weighted by molar-refractivity contribution is -0.140. The number of carbonyl (C=O) groups is 1. The Morgan fingerprint density at radius 3 is 2.75 bits per heavy atom. The maximum absolute atomic E-state index is 12.6. The Bertz CT molecular complexity index is 793. The van der Waals surface area contributed by atoms with Crippen LogP contribution in [-0.2, 0) is 25.8 Å². The zero-order valence-electron chi connectivity index (χ0n) is 11.0. The molecule has 1 aliphatic heterocycles. The van der Waals surface area contributed by atoms with E-state index in [0.29, 0.717) is 11.3 Å². The first-order valence-electron chi connectivity index (χ1n) is 6.38. The molecule has 0 bridgehead atoms. The number of benzene rings is 2. The van der Waals surface area contributed by atoms with Crippen LogP contribution in [0.2, 0.25) is 0 Å². The second kappa shape index (κ2) is 4.59. The van der Waals surface area contributed by atoms with Gasteiger partial charge in [-0.2, -0.15) is 0 Å². The molecule has 0 aliphatic carbocycles. The molecule has 2 aromatic carbocycles. The summed E-state index contributed by atoms with van der Waals surface area (Å²) in [6, 6.07) is 11.2. The standard InChI is InChI=1S/C15H14O4S/c1-10(16)19-9-13-8-12-7-6-11-4-2-3-5-14(11)15(12)20(13,17)18/h2-7,13H,8-9H2,1H3. The lowest BCUT2D eigenvalue weighted by Crippen LogP contribution is -2.24. The summed E-state index contributed by atoms with van der Waals surface area (Å²) in [5, 5.41) is 0.977. The smallest absolute Gasteiger partial charge is 0.302 e. The Balaban J connectivity index is 2.11. The third-order valence-electron chi connectivity index (χ3n) is 3.60. The minimum atomic E-state index is -3.45. The number of hydrogen-bond donors (Lipinski definition) is 0. The van der Waals surface area contributed by atoms with Crippen LogP contribution >= 0.6 is 0 Å². The van der Waals surface area contributed by atoms with Crippen molar-refractivity contribution in [1.82, 2.24) is 0 Å². The first-order chi connectivity index (χ1) is 9.50. The van der Waals surface area contributed by atoms with Crippen LogP contribution in [-0.4, -0.2) is 26.2 Å². The lowest BCUT2D eigenvalue weighted by atomic mass is 10.0. The second-order valence-corrected chi connectivity index (χ2v) is 7.11. The van der Waals surface area contributed by atoms with Gasteiger partial charge in [0.2, 0.25) is 0 Å². The van der Waals surface area contributed by atoms with Gasteiger partial charge in [-0.1, -0.05) is 36.4 Å². The fraction of sp³-hybridized carbons (Fsp3) is 0.267. The van der Waals surface area contributed by atoms with Gasteiger partial charge in [-0.05, 0) is 17.4 Å². The van der Waals surface area contributed by atoms with Gasteiger partial charge < -0.3 is 4.74 Å². The topological polar surface area (TPSA) is 60.4 Å². The predicted octanol–water partition coefficient (Wildman–Crippen LogP) is 2.10. The molecule has 0 saturated heterocycles. The normalized spacial score (nSPS) is 19.8. The van der Waals surface area contributed by atoms with Crippen molar-refractivity contribution in [1.29, 1.82) is 0 Å². The molecule has 0 N–H and O–H groups in total. The molecule has 0 spiro atoms. The van der Waals surface area contributed by atoms with Crippen molar-refractivity contribution >= 4 is 26.6 Å². The monoisotopic (exact) mass is 290 g/mol. The van der Waals surface area contributed by atoms with Crippen LogP contribution in [0.15, 0.2) is 41.3 Å². The highest BCUT2D eigenvalue weighted by Crippen LogP contribution is 2.36. The maximum atomic E-state index is 12.6. The third-order valence-corrected chi connectivity index (χ3v) is 5.84. The van der Waals surface area contributed by atoms with Gasteiger partial charge in [-0.3, -0.25) is 4.79 Å². The van der Waals surface area contributed by atoms with Gasteiger partial charge in [-0.25, -0.2) is 8.42 Å². The van der Waals surface area contributed by atoms with E-state index in [9.17, 15) is 13.2 Å². The van der Waals surface area contributed by atoms with Gasteiger partial charge >= 0.3 is 5.97 Å². The molecule has 0 radical (unpaired) electrons. The first kappa shape index (κ1) is 13.1. The molecule has 1 unspecified atom stereocenters. The number of carbonyl (C=O) groups excluding carboxylic acids is 1. The molecular weight excluding hydrogens is 276 g/mol. The summed E-state index contributed by atoms with van der Waals surface area (Å²) in [4.78, 5) is 11.3. The Morgan fingerprint density at radius 2 is 2.00 bits per heavy atom. The average Bonchev–Trinajstić information content (AvgIpc) is 2.68. The fourth-order valence-corrected chi connectivity index (χ4v) is 4.65. The molecule has 20 heavy (non-hydrogen) atoms. The van der Waals surface area contributed by atoms with E-state index in [1.807, 2.05) is 36.4 Å². The molecule has 0 aromatic heterocycles. The van der Waals surface area contributed by atoms with Gasteiger partial charge in [0.1, 0.15) is 11.9 Å². The average molecular weight is 290 g/mol. The maximum Gasteiger partial charge on any atom is 0.302 e. The van der Waals surface area contributed by atoms with E-state index in [-0.39, 0.29) is 6.61 Å². The Hall–Kier alpha value is -1.88. The van der Waals surface area contributed by atoms with Crippen molar-refractivity contribution in [3.8, 4) is 0 Å². The molecule has 0 fully saturated rings. The van der Waals surface area contributed by atoms with E-state index >= 15 is 0 Å². The summed E-state index contributed by atoms with van der Waals surface area (Å²) in [5.74, 6) is -0.457. The Kier molecular flexibility index (Phi) is 3.01. The quantitative estimate of drug-likeness (QED) is 0.795. The molecule has 4 nitrogen and oxygen atoms in total. The highest BCUT2D eigenvalue weighted by molar-refractivity contribution is 7.92. The van der Waals surface area contributed by atoms with Crippen LogP contribution in [0, 0.1) is 0 Å². The fourth-order valence-electron chi connectivity index (χ4n) is 2.67. The number of hydrogen-bond acceptors (Lipinski definition) is 4. The third kappa shape index (κ3) is 1.98. The van der Waals surface area contributed by atoms with E-state index < -0.39 is 21.1 Å². The summed E-state index contributed by atoms with van der Waals surface area (Å²) in [6.07, 6.45) is 0.399. The minimum absolute atomic E-state index is 0.0827. The van der Waals surface area contributed by atoms with Crippen LogP contribution in [0.5, 0.6) is 0 Å². The number of ether oxygens (including phenoxy) is 1. The van der Waals surface area contributed by atoms with Gasteiger partial charge in [0, 0.05) is 12.3 Å². The summed E-state index contributed by atoms with van der Waals surface area (Å²) in [6.45, 7) is 1.20. The number of rotatable bonds is 2. The summed E-state index contributed by atoms with van der Waals surface area (Å²) >= 11 is 0. The van der Waals surface area contributed by atoms with E-state index in [0.717, 1.165) is 16.3 Å². The van der Waals surface area contributed by atoms with Crippen LogP contribution in [0.3, 0.4) is 0 Å². The van der Waals surface area contributed by atoms with Gasteiger partial charge in [-0.15, -0.1) is 0 Å².